The van der Waals surface area contributed by atoms with Gasteiger partial charge in [0.25, 0.3) is 0 Å². The fraction of sp³-hybridized carbons (Fsp3) is 0.212. The Labute approximate surface area is 434 Å². The van der Waals surface area contributed by atoms with E-state index in [1.807, 2.05) is 35.2 Å². The molecule has 73 heavy (non-hydrogen) atoms. The highest BCUT2D eigenvalue weighted by atomic mass is 79.9. The van der Waals surface area contributed by atoms with Gasteiger partial charge >= 0.3 is 17.9 Å². The number of aromatic carboxylic acids is 1. The summed E-state index contributed by atoms with van der Waals surface area (Å²) < 4.78 is 28.5. The average molecular weight is 1130 g/mol. The van der Waals surface area contributed by atoms with Crippen LogP contribution in [0.25, 0.3) is 0 Å². The quantitative estimate of drug-likeness (QED) is 0.0583. The van der Waals surface area contributed by atoms with Gasteiger partial charge in [-0.3, -0.25) is 43.7 Å². The number of pyridine rings is 4. The van der Waals surface area contributed by atoms with Crippen LogP contribution in [0.1, 0.15) is 173 Å². The smallest absolute Gasteiger partial charge is 0.342 e. The lowest BCUT2D eigenvalue weighted by Crippen LogP contribution is -2.33. The number of carbonyl (C=O) groups is 9. The van der Waals surface area contributed by atoms with E-state index in [1.54, 1.807) is 12.1 Å². The van der Waals surface area contributed by atoms with Crippen molar-refractivity contribution in [3.8, 4) is 0 Å². The predicted octanol–water partition coefficient (Wildman–Crippen LogP) is 8.30. The van der Waals surface area contributed by atoms with Crippen LogP contribution in [0.4, 0.5) is 0 Å². The van der Waals surface area contributed by atoms with Crippen LogP contribution in [0.2, 0.25) is 0 Å². The molecule has 0 aromatic carbocycles. The van der Waals surface area contributed by atoms with E-state index in [1.165, 1.54) is 63.6 Å². The molecule has 0 radical (unpaired) electrons. The predicted molar refractivity (Wildman–Crippen MR) is 265 cm³/mol. The number of ketones is 6. The molecule has 0 atom stereocenters. The summed E-state index contributed by atoms with van der Waals surface area (Å²) >= 11 is 3.24. The van der Waals surface area contributed by atoms with Crippen molar-refractivity contribution in [1.29, 1.82) is 0 Å². The van der Waals surface area contributed by atoms with Gasteiger partial charge in [-0.1, -0.05) is 36.8 Å². The molecule has 3 aliphatic carbocycles. The van der Waals surface area contributed by atoms with Crippen molar-refractivity contribution in [1.82, 2.24) is 15.0 Å². The zero-order valence-electron chi connectivity index (χ0n) is 37.6. The Balaban J connectivity index is 0.000000202. The Morgan fingerprint density at radius 2 is 0.904 bits per heavy atom. The van der Waals surface area contributed by atoms with E-state index in [2.05, 4.69) is 30.9 Å². The molecule has 7 aromatic rings. The number of carbonyl (C=O) groups excluding carboxylic acids is 8. The molecule has 376 valence electrons. The van der Waals surface area contributed by atoms with Gasteiger partial charge in [0.05, 0.1) is 46.6 Å². The molecule has 0 saturated carbocycles. The number of ether oxygens (including phenoxy) is 2. The van der Waals surface area contributed by atoms with Crippen LogP contribution < -0.4 is 4.57 Å². The zero-order chi connectivity index (χ0) is 50.0. The Morgan fingerprint density at radius 3 is 1.27 bits per heavy atom. The van der Waals surface area contributed by atoms with Crippen molar-refractivity contribution < 1.29 is 75.5 Å². The average Bonchev–Trinajstić information content (AvgIpc) is 4.04. The number of aryl methyl sites for hydroxylation is 4. The van der Waals surface area contributed by atoms with E-state index in [0.717, 1.165) is 0 Å². The summed E-state index contributed by atoms with van der Waals surface area (Å²) in [7, 11) is 0. The summed E-state index contributed by atoms with van der Waals surface area (Å²) in [4.78, 5) is 123. The van der Waals surface area contributed by atoms with Gasteiger partial charge in [-0.25, -0.2) is 19.0 Å². The van der Waals surface area contributed by atoms with Crippen molar-refractivity contribution in [3.63, 3.8) is 0 Å². The number of aromatic nitrogens is 4. The number of hydrogen-bond donors (Lipinski definition) is 1. The molecule has 10 rings (SSSR count). The lowest BCUT2D eigenvalue weighted by Gasteiger charge is -2.12. The minimum Gasteiger partial charge on any atom is -0.478 e. The van der Waals surface area contributed by atoms with Gasteiger partial charge in [0.15, 0.2) is 36.2 Å². The van der Waals surface area contributed by atoms with Crippen molar-refractivity contribution in [2.75, 3.05) is 18.5 Å². The molecule has 0 amide bonds. The highest BCUT2D eigenvalue weighted by Gasteiger charge is 2.42. The van der Waals surface area contributed by atoms with Crippen molar-refractivity contribution >= 4 is 85.5 Å². The molecule has 3 aliphatic rings. The lowest BCUT2D eigenvalue weighted by atomic mass is 9.90. The minimum atomic E-state index is -1.30. The number of alkyl halides is 1. The zero-order valence-corrected chi connectivity index (χ0v) is 40.9. The molecular weight excluding hydrogens is 1080 g/mol. The maximum atomic E-state index is 12.8. The third kappa shape index (κ3) is 10.4. The van der Waals surface area contributed by atoms with Gasteiger partial charge in [-0.2, -0.15) is 0 Å². The van der Waals surface area contributed by atoms with Gasteiger partial charge in [0.2, 0.25) is 34.7 Å². The fourth-order valence-electron chi connectivity index (χ4n) is 7.90. The van der Waals surface area contributed by atoms with Crippen LogP contribution in [0.5, 0.6) is 0 Å². The number of carboxylic acids is 1. The largest absolute Gasteiger partial charge is 0.478 e. The number of nitrogens with zero attached hydrogens (tertiary/aromatic N) is 4. The van der Waals surface area contributed by atoms with Crippen molar-refractivity contribution in [3.05, 3.63) is 187 Å². The Bertz CT molecular complexity index is 3370. The summed E-state index contributed by atoms with van der Waals surface area (Å²) in [6.45, 7) is 5.54. The number of rotatable bonds is 10. The Hall–Kier alpha value is -8.17. The first-order valence-electron chi connectivity index (χ1n) is 21.3. The monoisotopic (exact) mass is 1120 g/mol. The standard InChI is InChI=1S/C21H17N2O5.C16H12BrNO5.C13H7NO5.2CH4.BrH/c1-13-15(21(26)27-12-6-11-23-9-3-2-4-10-23)16-19(25)17-14(7-5-8-22-17)18(24)20(16)28-13;1-8-10(16(21)22-7-3-5-17)11-14(20)12-9(4-2-6-18-12)13(19)15(11)23-8;1-5-7(13(17)18)8-11(16)9-6(3-2-4-14-9)10(15)12(8)19-5;;;/h2-5,7-10H,6,11-12H2,1H3;2,4,6H,3,5,7H2,1H3;2-4H,1H3,(H,17,18);2*1H4;1H/q+1;;;;;. The van der Waals surface area contributed by atoms with Gasteiger partial charge < -0.3 is 27.8 Å². The van der Waals surface area contributed by atoms with Crippen LogP contribution in [0.3, 0.4) is 0 Å². The molecule has 0 spiro atoms. The van der Waals surface area contributed by atoms with E-state index in [-0.39, 0.29) is 147 Å². The number of fused-ring (bicyclic) bond motifs is 6. The third-order valence-corrected chi connectivity index (χ3v) is 11.6. The number of halogens is 2. The first-order chi connectivity index (χ1) is 33.7. The molecule has 21 heteroatoms. The first-order valence-corrected chi connectivity index (χ1v) is 22.4. The van der Waals surface area contributed by atoms with E-state index >= 15 is 0 Å². The maximum Gasteiger partial charge on any atom is 0.342 e. The highest BCUT2D eigenvalue weighted by molar-refractivity contribution is 9.09. The number of hydrogen-bond acceptors (Lipinski definition) is 17. The second-order valence-corrected chi connectivity index (χ2v) is 16.3. The minimum absolute atomic E-state index is 0. The normalized spacial score (nSPS) is 12.2. The molecule has 7 aromatic heterocycles. The molecule has 0 bridgehead atoms. The second kappa shape index (κ2) is 23.4. The van der Waals surface area contributed by atoms with Crippen LogP contribution in [-0.2, 0) is 16.0 Å². The fourth-order valence-corrected chi connectivity index (χ4v) is 8.13. The molecule has 0 aliphatic heterocycles. The maximum absolute atomic E-state index is 12.8. The van der Waals surface area contributed by atoms with Gasteiger partial charge in [0, 0.05) is 42.5 Å². The number of esters is 2. The summed E-state index contributed by atoms with van der Waals surface area (Å²) in [5, 5.41) is 9.81. The number of furan rings is 3. The first kappa shape index (κ1) is 55.8. The molecule has 19 nitrogen and oxygen atoms in total. The molecule has 0 saturated heterocycles. The number of carboxylic acid groups (broad SMARTS) is 1. The lowest BCUT2D eigenvalue weighted by molar-refractivity contribution is -0.697. The van der Waals surface area contributed by atoms with Crippen molar-refractivity contribution in [2.24, 2.45) is 0 Å². The Kier molecular flexibility index (Phi) is 17.9. The summed E-state index contributed by atoms with van der Waals surface area (Å²) in [5.41, 5.74) is -0.0955. The van der Waals surface area contributed by atoms with Crippen LogP contribution in [0, 0.1) is 20.8 Å². The summed E-state index contributed by atoms with van der Waals surface area (Å²) in [6, 6.07) is 14.9. The molecule has 1 N–H and O–H groups in total. The van der Waals surface area contributed by atoms with Crippen molar-refractivity contribution in [2.45, 2.75) is 55.0 Å². The molecule has 0 fully saturated rings. The van der Waals surface area contributed by atoms with E-state index in [9.17, 15) is 43.2 Å². The van der Waals surface area contributed by atoms with Gasteiger partial charge in [-0.05, 0) is 63.6 Å². The molecule has 7 heterocycles. The Morgan fingerprint density at radius 1 is 0.548 bits per heavy atom. The highest BCUT2D eigenvalue weighted by Crippen LogP contribution is 2.35. The van der Waals surface area contributed by atoms with E-state index in [4.69, 9.17) is 27.8 Å². The summed E-state index contributed by atoms with van der Waals surface area (Å²) in [5.74, 6) is -5.76. The summed E-state index contributed by atoms with van der Waals surface area (Å²) in [6.07, 6.45) is 9.33. The molecular formula is C52H45Br2N4O15+. The third-order valence-electron chi connectivity index (χ3n) is 11.1. The van der Waals surface area contributed by atoms with Crippen LogP contribution in [-0.4, -0.2) is 91.2 Å². The topological polar surface area (TPSA) is 274 Å². The molecule has 0 unspecified atom stereocenters. The van der Waals surface area contributed by atoms with Gasteiger partial charge in [0.1, 0.15) is 51.1 Å². The van der Waals surface area contributed by atoms with E-state index in [0.29, 0.717) is 24.7 Å². The van der Waals surface area contributed by atoms with E-state index < -0.39 is 52.6 Å². The second-order valence-electron chi connectivity index (χ2n) is 15.5. The van der Waals surface area contributed by atoms with Crippen LogP contribution >= 0.6 is 32.9 Å². The SMILES string of the molecule is Br.C.C.Cc1oc2c(c1C(=O)O)C(=O)c1ncccc1C2=O.Cc1oc2c(c1C(=O)OCCCBr)C(=O)c1ncccc1C2=O.Cc1oc2c(c1C(=O)OCCC[n+]1ccccc1)C(=O)c1ncccc1C2=O. The van der Waals surface area contributed by atoms with Crippen LogP contribution in [0.15, 0.2) is 98.8 Å². The van der Waals surface area contributed by atoms with Gasteiger partial charge in [-0.15, -0.1) is 17.0 Å².